The number of benzene rings is 2. The van der Waals surface area contributed by atoms with Gasteiger partial charge in [-0.3, -0.25) is 4.79 Å². The highest BCUT2D eigenvalue weighted by Gasteiger charge is 2.21. The molecule has 0 radical (unpaired) electrons. The van der Waals surface area contributed by atoms with Gasteiger partial charge in [0.1, 0.15) is 16.3 Å². The lowest BCUT2D eigenvalue weighted by Gasteiger charge is -2.26. The summed E-state index contributed by atoms with van der Waals surface area (Å²) in [7, 11) is 0. The number of phenolic OH excluding ortho intramolecular Hbond substituents is 1. The Bertz CT molecular complexity index is 1300. The highest BCUT2D eigenvalue weighted by molar-refractivity contribution is 7.17. The largest absolute Gasteiger partial charge is 0.507 e. The van der Waals surface area contributed by atoms with Gasteiger partial charge in [-0.05, 0) is 78.8 Å². The summed E-state index contributed by atoms with van der Waals surface area (Å²) in [6.07, 6.45) is 4.79. The summed E-state index contributed by atoms with van der Waals surface area (Å²) in [4.78, 5) is 15.2. The molecule has 1 saturated carbocycles. The molecule has 0 bridgehead atoms. The molecule has 4 nitrogen and oxygen atoms in total. The number of aromatic nitrogens is 1. The number of pyridine rings is 1. The van der Waals surface area contributed by atoms with Crippen LogP contribution in [0.3, 0.4) is 0 Å². The molecule has 2 heterocycles. The first-order valence-electron chi connectivity index (χ1n) is 10.3. The number of nitrogens with one attached hydrogen (secondary N) is 1. The van der Waals surface area contributed by atoms with Gasteiger partial charge in [0.25, 0.3) is 5.56 Å². The molecule has 4 aromatic rings. The van der Waals surface area contributed by atoms with Crippen molar-refractivity contribution in [2.24, 2.45) is 11.7 Å². The summed E-state index contributed by atoms with van der Waals surface area (Å²) in [5, 5.41) is 14.0. The summed E-state index contributed by atoms with van der Waals surface area (Å²) in [6, 6.07) is 10.6. The van der Waals surface area contributed by atoms with E-state index in [0.717, 1.165) is 36.5 Å². The molecule has 0 atom stereocenters. The van der Waals surface area contributed by atoms with Gasteiger partial charge in [-0.25, -0.2) is 4.39 Å². The molecular weight excluding hydrogens is 399 g/mol. The zero-order valence-electron chi connectivity index (χ0n) is 16.5. The third kappa shape index (κ3) is 3.30. The van der Waals surface area contributed by atoms with E-state index < -0.39 is 0 Å². The number of nitrogens with two attached hydrogens (primary N) is 1. The molecule has 0 aliphatic heterocycles. The summed E-state index contributed by atoms with van der Waals surface area (Å²) in [5.74, 6) is 0.270. The van der Waals surface area contributed by atoms with E-state index in [-0.39, 0.29) is 23.2 Å². The molecule has 0 spiro atoms. The number of hydrogen-bond acceptors (Lipinski definition) is 4. The van der Waals surface area contributed by atoms with E-state index in [0.29, 0.717) is 39.2 Å². The molecule has 5 rings (SSSR count). The van der Waals surface area contributed by atoms with Crippen molar-refractivity contribution in [2.75, 3.05) is 0 Å². The van der Waals surface area contributed by atoms with Gasteiger partial charge in [-0.2, -0.15) is 0 Å². The van der Waals surface area contributed by atoms with E-state index in [1.54, 1.807) is 12.1 Å². The van der Waals surface area contributed by atoms with Crippen molar-refractivity contribution in [3.63, 3.8) is 0 Å². The predicted molar refractivity (Wildman–Crippen MR) is 121 cm³/mol. The van der Waals surface area contributed by atoms with Crippen LogP contribution < -0.4 is 11.3 Å². The van der Waals surface area contributed by atoms with Crippen LogP contribution >= 0.6 is 11.3 Å². The van der Waals surface area contributed by atoms with Crippen LogP contribution in [0.4, 0.5) is 4.39 Å². The number of fused-ring (bicyclic) bond motifs is 3. The number of thiophene rings is 1. The topological polar surface area (TPSA) is 79.1 Å². The summed E-state index contributed by atoms with van der Waals surface area (Å²) in [6.45, 7) is 0. The van der Waals surface area contributed by atoms with E-state index >= 15 is 4.39 Å². The van der Waals surface area contributed by atoms with Crippen LogP contribution in [0.15, 0.2) is 46.6 Å². The van der Waals surface area contributed by atoms with Crippen molar-refractivity contribution in [1.82, 2.24) is 4.98 Å². The zero-order chi connectivity index (χ0) is 20.8. The maximum atomic E-state index is 15.1. The van der Waals surface area contributed by atoms with Gasteiger partial charge in [0.15, 0.2) is 0 Å². The Morgan fingerprint density at radius 3 is 2.70 bits per heavy atom. The summed E-state index contributed by atoms with van der Waals surface area (Å²) in [5.41, 5.74) is 8.30. The van der Waals surface area contributed by atoms with Gasteiger partial charge < -0.3 is 15.8 Å². The van der Waals surface area contributed by atoms with Gasteiger partial charge in [-0.1, -0.05) is 12.1 Å². The minimum atomic E-state index is -0.259. The third-order valence-electron chi connectivity index (χ3n) is 6.31. The van der Waals surface area contributed by atoms with Gasteiger partial charge in [0.05, 0.1) is 0 Å². The van der Waals surface area contributed by atoms with Crippen molar-refractivity contribution in [3.05, 3.63) is 63.5 Å². The van der Waals surface area contributed by atoms with Crippen molar-refractivity contribution >= 4 is 32.3 Å². The molecule has 0 amide bonds. The van der Waals surface area contributed by atoms with Crippen LogP contribution in [0.5, 0.6) is 5.75 Å². The zero-order valence-corrected chi connectivity index (χ0v) is 17.3. The summed E-state index contributed by atoms with van der Waals surface area (Å²) < 4.78 is 15.7. The van der Waals surface area contributed by atoms with Gasteiger partial charge in [0.2, 0.25) is 0 Å². The number of H-pyrrole nitrogens is 1. The molecule has 0 unspecified atom stereocenters. The van der Waals surface area contributed by atoms with E-state index in [2.05, 4.69) is 4.98 Å². The fraction of sp³-hybridized carbons (Fsp3) is 0.292. The highest BCUT2D eigenvalue weighted by atomic mass is 32.1. The Kier molecular flexibility index (Phi) is 4.83. The predicted octanol–water partition coefficient (Wildman–Crippen LogP) is 5.31. The molecule has 1 aliphatic rings. The number of aromatic amines is 1. The van der Waals surface area contributed by atoms with Crippen LogP contribution in [0.1, 0.15) is 31.2 Å². The lowest BCUT2D eigenvalue weighted by atomic mass is 9.82. The van der Waals surface area contributed by atoms with Gasteiger partial charge >= 0.3 is 0 Å². The van der Waals surface area contributed by atoms with Crippen LogP contribution in [-0.4, -0.2) is 16.1 Å². The SMILES string of the molecule is NC1CCC(Cc2ccc(-c3c(O)ccc4[nH]c(=O)c5sccc5c34)cc2F)CC1. The lowest BCUT2D eigenvalue weighted by molar-refractivity contribution is 0.322. The van der Waals surface area contributed by atoms with Gasteiger partial charge in [-0.15, -0.1) is 11.3 Å². The maximum absolute atomic E-state index is 15.1. The van der Waals surface area contributed by atoms with Crippen LogP contribution in [0.25, 0.3) is 32.1 Å². The van der Waals surface area contributed by atoms with E-state index in [1.807, 2.05) is 23.6 Å². The highest BCUT2D eigenvalue weighted by Crippen LogP contribution is 2.40. The van der Waals surface area contributed by atoms with E-state index in [1.165, 1.54) is 17.4 Å². The average Bonchev–Trinajstić information content (AvgIpc) is 3.22. The molecule has 0 saturated heterocycles. The molecule has 2 aromatic carbocycles. The van der Waals surface area contributed by atoms with Crippen LogP contribution in [-0.2, 0) is 6.42 Å². The lowest BCUT2D eigenvalue weighted by Crippen LogP contribution is -2.27. The quantitative estimate of drug-likeness (QED) is 0.418. The van der Waals surface area contributed by atoms with E-state index in [9.17, 15) is 9.90 Å². The molecule has 1 fully saturated rings. The minimum absolute atomic E-state index is 0.0652. The molecule has 30 heavy (non-hydrogen) atoms. The molecule has 6 heteroatoms. The Balaban J connectivity index is 1.59. The molecule has 154 valence electrons. The second-order valence-corrected chi connectivity index (χ2v) is 9.21. The molecule has 2 aromatic heterocycles. The number of hydrogen-bond donors (Lipinski definition) is 3. The number of rotatable bonds is 3. The standard InChI is InChI=1S/C24H23FN2O2S/c25-18-12-15(4-3-14(18)11-13-1-5-16(26)6-2-13)21-20(28)8-7-19-22(21)17-9-10-30-23(17)24(29)27-19/h3-4,7-10,12-13,16,28H,1-2,5-6,11,26H2,(H,27,29). The monoisotopic (exact) mass is 422 g/mol. The van der Waals surface area contributed by atoms with Crippen LogP contribution in [0, 0.1) is 11.7 Å². The summed E-state index contributed by atoms with van der Waals surface area (Å²) >= 11 is 1.36. The second kappa shape index (κ2) is 7.52. The van der Waals surface area contributed by atoms with Crippen molar-refractivity contribution < 1.29 is 9.50 Å². The van der Waals surface area contributed by atoms with Crippen molar-refractivity contribution in [2.45, 2.75) is 38.1 Å². The first-order chi connectivity index (χ1) is 14.5. The normalized spacial score (nSPS) is 19.5. The first-order valence-corrected chi connectivity index (χ1v) is 11.2. The first kappa shape index (κ1) is 19.3. The molecule has 1 aliphatic carbocycles. The fourth-order valence-corrected chi connectivity index (χ4v) is 5.50. The number of phenols is 1. The Morgan fingerprint density at radius 1 is 1.13 bits per heavy atom. The van der Waals surface area contributed by atoms with Gasteiger partial charge in [0, 0.05) is 27.9 Å². The fourth-order valence-electron chi connectivity index (χ4n) is 4.70. The van der Waals surface area contributed by atoms with Crippen LogP contribution in [0.2, 0.25) is 0 Å². The Hall–Kier alpha value is -2.70. The number of aromatic hydroxyl groups is 1. The third-order valence-corrected chi connectivity index (χ3v) is 7.23. The Morgan fingerprint density at radius 2 is 1.93 bits per heavy atom. The maximum Gasteiger partial charge on any atom is 0.266 e. The van der Waals surface area contributed by atoms with Crippen molar-refractivity contribution in [1.29, 1.82) is 0 Å². The smallest absolute Gasteiger partial charge is 0.266 e. The van der Waals surface area contributed by atoms with E-state index in [4.69, 9.17) is 5.73 Å². The Labute approximate surface area is 177 Å². The second-order valence-electron chi connectivity index (χ2n) is 8.29. The van der Waals surface area contributed by atoms with Crippen molar-refractivity contribution in [3.8, 4) is 16.9 Å². The number of halogens is 1. The average molecular weight is 423 g/mol. The molecule has 4 N–H and O–H groups in total. The molecular formula is C24H23FN2O2S. The minimum Gasteiger partial charge on any atom is -0.507 e.